The van der Waals surface area contributed by atoms with Crippen LogP contribution in [0.4, 0.5) is 0 Å². The average molecular weight is 427 g/mol. The number of likely N-dealkylation sites (tertiary alicyclic amines) is 1. The van der Waals surface area contributed by atoms with E-state index in [-0.39, 0.29) is 12.4 Å². The first-order chi connectivity index (χ1) is 15.1. The van der Waals surface area contributed by atoms with Crippen LogP contribution in [0.5, 0.6) is 5.75 Å². The summed E-state index contributed by atoms with van der Waals surface area (Å²) in [5.41, 5.74) is 1.50. The second kappa shape index (κ2) is 9.51. The number of amides is 1. The fraction of sp³-hybridized carbons (Fsp3) is 0.522. The summed E-state index contributed by atoms with van der Waals surface area (Å²) >= 11 is 0. The summed E-state index contributed by atoms with van der Waals surface area (Å²) in [6, 6.07) is 8.40. The molecule has 1 aromatic carbocycles. The lowest BCUT2D eigenvalue weighted by atomic mass is 9.76. The summed E-state index contributed by atoms with van der Waals surface area (Å²) in [4.78, 5) is 26.4. The van der Waals surface area contributed by atoms with Crippen LogP contribution < -0.4 is 4.74 Å². The third-order valence-electron chi connectivity index (χ3n) is 6.72. The van der Waals surface area contributed by atoms with Crippen molar-refractivity contribution in [3.63, 3.8) is 0 Å². The highest BCUT2D eigenvalue weighted by Gasteiger charge is 2.42. The first-order valence-electron chi connectivity index (χ1n) is 10.9. The molecule has 166 valence electrons. The van der Waals surface area contributed by atoms with Gasteiger partial charge in [-0.15, -0.1) is 0 Å². The topological polar surface area (TPSA) is 87.9 Å². The number of benzene rings is 1. The van der Waals surface area contributed by atoms with Crippen LogP contribution in [0.25, 0.3) is 5.69 Å². The van der Waals surface area contributed by atoms with Crippen molar-refractivity contribution in [2.75, 3.05) is 33.3 Å². The maximum Gasteiger partial charge on any atom is 0.290 e. The molecule has 31 heavy (non-hydrogen) atoms. The molecule has 3 aliphatic heterocycles. The molecule has 1 aromatic heterocycles. The van der Waals surface area contributed by atoms with Crippen molar-refractivity contribution in [2.24, 2.45) is 11.8 Å². The molecule has 3 fully saturated rings. The second-order valence-electron chi connectivity index (χ2n) is 8.58. The molecule has 1 amide bonds. The lowest BCUT2D eigenvalue weighted by Gasteiger charge is -2.52. The molecule has 5 rings (SSSR count). The highest BCUT2D eigenvalue weighted by molar-refractivity contribution is 5.94. The number of nitrogens with zero attached hydrogens (tertiary/aromatic N) is 4. The molecule has 0 radical (unpaired) electrons. The average Bonchev–Trinajstić information content (AvgIpc) is 3.29. The molecular formula is C23H30N4O4. The zero-order valence-corrected chi connectivity index (χ0v) is 17.9. The van der Waals surface area contributed by atoms with Gasteiger partial charge in [0.25, 0.3) is 12.4 Å². The number of hydrogen-bond donors (Lipinski definition) is 1. The zero-order valence-electron chi connectivity index (χ0n) is 17.9. The Morgan fingerprint density at radius 2 is 2.03 bits per heavy atom. The van der Waals surface area contributed by atoms with E-state index in [2.05, 4.69) is 14.9 Å². The number of para-hydroxylation sites is 2. The van der Waals surface area contributed by atoms with Crippen LogP contribution in [-0.4, -0.2) is 76.4 Å². The third-order valence-corrected chi connectivity index (χ3v) is 6.72. The summed E-state index contributed by atoms with van der Waals surface area (Å²) in [6.45, 7) is 3.91. The minimum Gasteiger partial charge on any atom is -0.494 e. The fourth-order valence-electron chi connectivity index (χ4n) is 5.50. The molecule has 3 atom stereocenters. The number of rotatable bonds is 3. The number of aromatic nitrogens is 2. The lowest BCUT2D eigenvalue weighted by molar-refractivity contribution is -0.122. The summed E-state index contributed by atoms with van der Waals surface area (Å²) in [6.07, 6.45) is 8.77. The monoisotopic (exact) mass is 426 g/mol. The third kappa shape index (κ3) is 4.44. The van der Waals surface area contributed by atoms with E-state index in [1.54, 1.807) is 18.0 Å². The molecule has 0 saturated carbocycles. The van der Waals surface area contributed by atoms with E-state index in [0.29, 0.717) is 23.4 Å². The number of ether oxygens (including phenoxy) is 1. The van der Waals surface area contributed by atoms with Gasteiger partial charge in [0.2, 0.25) is 0 Å². The van der Waals surface area contributed by atoms with Crippen molar-refractivity contribution in [1.82, 2.24) is 19.6 Å². The molecule has 2 bridgehead atoms. The Hall–Kier alpha value is -2.87. The number of carbonyl (C=O) groups is 2. The molecule has 8 heteroatoms. The number of carbonyl (C=O) groups excluding carboxylic acids is 1. The van der Waals surface area contributed by atoms with E-state index >= 15 is 0 Å². The second-order valence-corrected chi connectivity index (χ2v) is 8.58. The smallest absolute Gasteiger partial charge is 0.290 e. The van der Waals surface area contributed by atoms with Gasteiger partial charge in [-0.3, -0.25) is 14.5 Å². The highest BCUT2D eigenvalue weighted by Crippen LogP contribution is 2.37. The molecule has 0 spiro atoms. The predicted molar refractivity (Wildman–Crippen MR) is 116 cm³/mol. The Morgan fingerprint density at radius 1 is 1.23 bits per heavy atom. The Morgan fingerprint density at radius 3 is 2.84 bits per heavy atom. The molecular weight excluding hydrogens is 396 g/mol. The Labute approximate surface area is 182 Å². The van der Waals surface area contributed by atoms with Gasteiger partial charge >= 0.3 is 0 Å². The van der Waals surface area contributed by atoms with Gasteiger partial charge in [-0.1, -0.05) is 18.6 Å². The van der Waals surface area contributed by atoms with Crippen molar-refractivity contribution in [2.45, 2.75) is 31.7 Å². The predicted octanol–water partition coefficient (Wildman–Crippen LogP) is 2.53. The van der Waals surface area contributed by atoms with Crippen molar-refractivity contribution in [3.8, 4) is 11.4 Å². The first-order valence-corrected chi connectivity index (χ1v) is 10.9. The molecule has 0 aliphatic carbocycles. The van der Waals surface area contributed by atoms with Crippen LogP contribution in [0.2, 0.25) is 0 Å². The maximum atomic E-state index is 13.2. The zero-order chi connectivity index (χ0) is 21.8. The maximum absolute atomic E-state index is 13.2. The van der Waals surface area contributed by atoms with Crippen molar-refractivity contribution >= 4 is 12.4 Å². The highest BCUT2D eigenvalue weighted by atomic mass is 16.5. The Bertz CT molecular complexity index is 914. The van der Waals surface area contributed by atoms with Crippen molar-refractivity contribution in [1.29, 1.82) is 0 Å². The first kappa shape index (κ1) is 21.4. The van der Waals surface area contributed by atoms with Crippen LogP contribution in [0, 0.1) is 11.8 Å². The standard InChI is InChI=1S/C22H28N4O2.CH2O2/c1-28-21-8-3-2-7-20(21)26-15-18(11-23-26)22(27)25-13-16-10-17(14-25)19-6-4-5-9-24(19)12-16;2-1-3/h2-3,7-8,11,15-17,19H,4-6,9-10,12-14H2,1H3;1H,(H,2,3)/t16-,17-,19+;/m1./s1. The van der Waals surface area contributed by atoms with E-state index in [4.69, 9.17) is 14.6 Å². The summed E-state index contributed by atoms with van der Waals surface area (Å²) in [7, 11) is 1.65. The molecule has 4 heterocycles. The largest absolute Gasteiger partial charge is 0.494 e. The molecule has 8 nitrogen and oxygen atoms in total. The molecule has 2 aromatic rings. The minimum atomic E-state index is -0.250. The molecule has 0 unspecified atom stereocenters. The van der Waals surface area contributed by atoms with Gasteiger partial charge in [-0.05, 0) is 49.8 Å². The number of methoxy groups -OCH3 is 1. The molecule has 1 N–H and O–H groups in total. The van der Waals surface area contributed by atoms with E-state index in [1.807, 2.05) is 30.5 Å². The van der Waals surface area contributed by atoms with Crippen molar-refractivity contribution < 1.29 is 19.4 Å². The number of hydrogen-bond acceptors (Lipinski definition) is 5. The van der Waals surface area contributed by atoms with E-state index in [9.17, 15) is 4.79 Å². The van der Waals surface area contributed by atoms with Gasteiger partial charge in [-0.2, -0.15) is 5.10 Å². The van der Waals surface area contributed by atoms with Crippen LogP contribution in [0.3, 0.4) is 0 Å². The van der Waals surface area contributed by atoms with E-state index in [0.717, 1.165) is 31.1 Å². The molecule has 3 saturated heterocycles. The Balaban J connectivity index is 0.000000730. The van der Waals surface area contributed by atoms with Gasteiger partial charge in [0.15, 0.2) is 0 Å². The van der Waals surface area contributed by atoms with Gasteiger partial charge in [0, 0.05) is 31.9 Å². The quantitative estimate of drug-likeness (QED) is 0.759. The summed E-state index contributed by atoms with van der Waals surface area (Å²) in [5.74, 6) is 2.09. The van der Waals surface area contributed by atoms with E-state index in [1.165, 1.54) is 32.2 Å². The SMILES string of the molecule is COc1ccccc1-n1cc(C(=O)N2C[C@@H]3C[C@H](C2)[C@@H]2CCCCN2C3)cn1.O=CO. The summed E-state index contributed by atoms with van der Waals surface area (Å²) in [5, 5.41) is 11.3. The molecule has 3 aliphatic rings. The minimum absolute atomic E-state index is 0.111. The number of fused-ring (bicyclic) bond motifs is 4. The van der Waals surface area contributed by atoms with Gasteiger partial charge in [0.1, 0.15) is 11.4 Å². The van der Waals surface area contributed by atoms with Crippen LogP contribution in [0.1, 0.15) is 36.0 Å². The van der Waals surface area contributed by atoms with Gasteiger partial charge < -0.3 is 14.7 Å². The van der Waals surface area contributed by atoms with Gasteiger partial charge in [0.05, 0.1) is 18.9 Å². The lowest BCUT2D eigenvalue weighted by Crippen LogP contribution is -2.59. The van der Waals surface area contributed by atoms with Crippen LogP contribution in [-0.2, 0) is 4.79 Å². The van der Waals surface area contributed by atoms with Crippen LogP contribution >= 0.6 is 0 Å². The van der Waals surface area contributed by atoms with Crippen molar-refractivity contribution in [3.05, 3.63) is 42.2 Å². The number of carboxylic acid groups (broad SMARTS) is 1. The number of piperidine rings is 3. The van der Waals surface area contributed by atoms with Gasteiger partial charge in [-0.25, -0.2) is 4.68 Å². The van der Waals surface area contributed by atoms with Crippen LogP contribution in [0.15, 0.2) is 36.7 Å². The fourth-order valence-corrected chi connectivity index (χ4v) is 5.50. The Kier molecular flexibility index (Phi) is 6.56. The summed E-state index contributed by atoms with van der Waals surface area (Å²) < 4.78 is 7.16. The van der Waals surface area contributed by atoms with E-state index < -0.39 is 0 Å². The normalized spacial score (nSPS) is 25.1.